The molecular weight excluding hydrogens is 310 g/mol. The molecule has 0 unspecified atom stereocenters. The summed E-state index contributed by atoms with van der Waals surface area (Å²) >= 11 is 0.940. The Labute approximate surface area is 128 Å². The van der Waals surface area contributed by atoms with E-state index < -0.39 is 15.8 Å². The molecule has 0 radical (unpaired) electrons. The van der Waals surface area contributed by atoms with Crippen molar-refractivity contribution in [1.29, 1.82) is 0 Å². The maximum absolute atomic E-state index is 11.7. The molecule has 1 heterocycles. The molecule has 0 aliphatic carbocycles. The summed E-state index contributed by atoms with van der Waals surface area (Å²) in [6.07, 6.45) is 2.64. The highest BCUT2D eigenvalue weighted by molar-refractivity contribution is 7.16. The number of non-ortho nitro benzene ring substituents is 1. The predicted octanol–water partition coefficient (Wildman–Crippen LogP) is 3.22. The van der Waals surface area contributed by atoms with E-state index in [9.17, 15) is 25.0 Å². The maximum Gasteiger partial charge on any atom is 0.324 e. The van der Waals surface area contributed by atoms with Crippen molar-refractivity contribution in [3.05, 3.63) is 67.6 Å². The molecule has 22 heavy (non-hydrogen) atoms. The molecule has 1 N–H and O–H groups in total. The molecule has 0 bridgehead atoms. The van der Waals surface area contributed by atoms with E-state index in [4.69, 9.17) is 0 Å². The molecule has 0 saturated heterocycles. The monoisotopic (exact) mass is 319 g/mol. The summed E-state index contributed by atoms with van der Waals surface area (Å²) in [6, 6.07) is 8.41. The Bertz CT molecular complexity index is 769. The van der Waals surface area contributed by atoms with Gasteiger partial charge in [-0.1, -0.05) is 17.4 Å². The largest absolute Gasteiger partial charge is 0.324 e. The maximum atomic E-state index is 11.7. The van der Waals surface area contributed by atoms with Crippen LogP contribution in [-0.2, 0) is 4.79 Å². The molecule has 112 valence electrons. The van der Waals surface area contributed by atoms with Gasteiger partial charge in [0.25, 0.3) is 5.69 Å². The van der Waals surface area contributed by atoms with Crippen molar-refractivity contribution < 1.29 is 14.6 Å². The summed E-state index contributed by atoms with van der Waals surface area (Å²) < 4.78 is 0. The highest BCUT2D eigenvalue weighted by Gasteiger charge is 2.09. The van der Waals surface area contributed by atoms with E-state index in [-0.39, 0.29) is 10.7 Å². The van der Waals surface area contributed by atoms with Gasteiger partial charge in [-0.15, -0.1) is 0 Å². The van der Waals surface area contributed by atoms with Crippen molar-refractivity contribution in [2.75, 3.05) is 5.32 Å². The van der Waals surface area contributed by atoms with E-state index in [0.29, 0.717) is 10.6 Å². The summed E-state index contributed by atoms with van der Waals surface area (Å²) in [7, 11) is 0. The Morgan fingerprint density at radius 1 is 1.14 bits per heavy atom. The number of amides is 1. The lowest BCUT2D eigenvalue weighted by Gasteiger charge is -2.01. The molecule has 0 aliphatic heterocycles. The van der Waals surface area contributed by atoms with Crippen molar-refractivity contribution >= 4 is 39.7 Å². The van der Waals surface area contributed by atoms with Gasteiger partial charge in [-0.2, -0.15) is 0 Å². The third-order valence-electron chi connectivity index (χ3n) is 2.52. The molecule has 8 nitrogen and oxygen atoms in total. The Kier molecular flexibility index (Phi) is 4.59. The predicted molar refractivity (Wildman–Crippen MR) is 81.7 cm³/mol. The summed E-state index contributed by atoms with van der Waals surface area (Å²) in [4.78, 5) is 32.4. The molecule has 1 amide bonds. The number of carbonyl (C=O) groups excluding carboxylic acids is 1. The van der Waals surface area contributed by atoms with Gasteiger partial charge in [0.05, 0.1) is 9.85 Å². The average Bonchev–Trinajstić information content (AvgIpc) is 2.94. The van der Waals surface area contributed by atoms with Crippen molar-refractivity contribution in [3.8, 4) is 0 Å². The van der Waals surface area contributed by atoms with Crippen LogP contribution in [0.5, 0.6) is 0 Å². The Morgan fingerprint density at radius 3 is 2.55 bits per heavy atom. The van der Waals surface area contributed by atoms with E-state index in [1.54, 1.807) is 0 Å². The molecular formula is C13H9N3O5S. The van der Waals surface area contributed by atoms with Crippen molar-refractivity contribution in [2.24, 2.45) is 0 Å². The highest BCUT2D eigenvalue weighted by atomic mass is 32.1. The fraction of sp³-hybridized carbons (Fsp3) is 0. The average molecular weight is 319 g/mol. The second kappa shape index (κ2) is 6.59. The van der Waals surface area contributed by atoms with E-state index >= 15 is 0 Å². The minimum Gasteiger partial charge on any atom is -0.322 e. The van der Waals surface area contributed by atoms with E-state index in [0.717, 1.165) is 11.3 Å². The number of thiophene rings is 1. The number of rotatable bonds is 5. The first-order chi connectivity index (χ1) is 10.5. The molecule has 0 fully saturated rings. The number of carbonyl (C=O) groups is 1. The number of nitro groups is 2. The highest BCUT2D eigenvalue weighted by Crippen LogP contribution is 2.24. The zero-order valence-corrected chi connectivity index (χ0v) is 11.8. The first-order valence-corrected chi connectivity index (χ1v) is 6.75. The number of nitro benzene ring substituents is 1. The van der Waals surface area contributed by atoms with Gasteiger partial charge in [0.1, 0.15) is 0 Å². The standard InChI is InChI=1S/C13H9N3O5S/c17-12(6-4-11-5-7-13(22-11)16(20)21)14-9-2-1-3-10(8-9)15(18)19/h1-8H,(H,14,17)/b6-4+. The molecule has 0 aliphatic rings. The van der Waals surface area contributed by atoms with Crippen LogP contribution in [-0.4, -0.2) is 15.8 Å². The zero-order chi connectivity index (χ0) is 16.1. The van der Waals surface area contributed by atoms with Crippen LogP contribution < -0.4 is 5.32 Å². The number of anilines is 1. The Morgan fingerprint density at radius 2 is 1.91 bits per heavy atom. The lowest BCUT2D eigenvalue weighted by molar-refractivity contribution is -0.384. The van der Waals surface area contributed by atoms with Gasteiger partial charge in [0.2, 0.25) is 5.91 Å². The summed E-state index contributed by atoms with van der Waals surface area (Å²) in [6.45, 7) is 0. The topological polar surface area (TPSA) is 115 Å². The van der Waals surface area contributed by atoms with E-state index in [1.807, 2.05) is 0 Å². The van der Waals surface area contributed by atoms with Crippen LogP contribution in [0.1, 0.15) is 4.88 Å². The van der Waals surface area contributed by atoms with E-state index in [1.165, 1.54) is 48.6 Å². The third-order valence-corrected chi connectivity index (χ3v) is 3.52. The van der Waals surface area contributed by atoms with E-state index in [2.05, 4.69) is 5.32 Å². The summed E-state index contributed by atoms with van der Waals surface area (Å²) in [5, 5.41) is 23.6. The minimum atomic E-state index is -0.559. The van der Waals surface area contributed by atoms with Crippen LogP contribution in [0.3, 0.4) is 0 Å². The van der Waals surface area contributed by atoms with Crippen molar-refractivity contribution in [3.63, 3.8) is 0 Å². The van der Waals surface area contributed by atoms with Gasteiger partial charge in [0.15, 0.2) is 0 Å². The molecule has 0 spiro atoms. The molecule has 2 rings (SSSR count). The van der Waals surface area contributed by atoms with Gasteiger partial charge < -0.3 is 5.32 Å². The number of nitrogens with one attached hydrogen (secondary N) is 1. The first-order valence-electron chi connectivity index (χ1n) is 5.93. The van der Waals surface area contributed by atoms with Gasteiger partial charge in [-0.3, -0.25) is 25.0 Å². The molecule has 0 saturated carbocycles. The van der Waals surface area contributed by atoms with Crippen LogP contribution >= 0.6 is 11.3 Å². The molecule has 1 aromatic heterocycles. The quantitative estimate of drug-likeness (QED) is 0.516. The number of benzene rings is 1. The van der Waals surface area contributed by atoms with Gasteiger partial charge in [-0.05, 0) is 18.2 Å². The SMILES string of the molecule is O=C(/C=C/c1ccc([N+](=O)[O-])s1)Nc1cccc([N+](=O)[O-])c1. The van der Waals surface area contributed by atoms with Crippen LogP contribution in [0.15, 0.2) is 42.5 Å². The van der Waals surface area contributed by atoms with Gasteiger partial charge in [-0.25, -0.2) is 0 Å². The number of hydrogen-bond donors (Lipinski definition) is 1. The van der Waals surface area contributed by atoms with Crippen LogP contribution in [0.4, 0.5) is 16.4 Å². The fourth-order valence-electron chi connectivity index (χ4n) is 1.57. The first kappa shape index (κ1) is 15.3. The number of nitrogens with zero attached hydrogens (tertiary/aromatic N) is 2. The zero-order valence-electron chi connectivity index (χ0n) is 11.0. The normalized spacial score (nSPS) is 10.5. The van der Waals surface area contributed by atoms with Crippen molar-refractivity contribution in [2.45, 2.75) is 0 Å². The molecule has 0 atom stereocenters. The van der Waals surface area contributed by atoms with Crippen LogP contribution in [0, 0.1) is 20.2 Å². The lowest BCUT2D eigenvalue weighted by atomic mass is 10.3. The summed E-state index contributed by atoms with van der Waals surface area (Å²) in [5.41, 5.74) is 0.164. The lowest BCUT2D eigenvalue weighted by Crippen LogP contribution is -2.07. The van der Waals surface area contributed by atoms with Crippen LogP contribution in [0.25, 0.3) is 6.08 Å². The second-order valence-electron chi connectivity index (χ2n) is 4.06. The molecule has 2 aromatic rings. The van der Waals surface area contributed by atoms with Crippen LogP contribution in [0.2, 0.25) is 0 Å². The number of hydrogen-bond acceptors (Lipinski definition) is 6. The molecule has 9 heteroatoms. The Balaban J connectivity index is 2.03. The summed E-state index contributed by atoms with van der Waals surface area (Å²) in [5.74, 6) is -0.489. The third kappa shape index (κ3) is 3.96. The molecule has 1 aromatic carbocycles. The second-order valence-corrected chi connectivity index (χ2v) is 5.16. The Hall–Kier alpha value is -3.07. The fourth-order valence-corrected chi connectivity index (χ4v) is 2.29. The van der Waals surface area contributed by atoms with Gasteiger partial charge >= 0.3 is 5.00 Å². The van der Waals surface area contributed by atoms with Crippen molar-refractivity contribution in [1.82, 2.24) is 0 Å². The van der Waals surface area contributed by atoms with Gasteiger partial charge in [0, 0.05) is 34.8 Å². The minimum absolute atomic E-state index is 0.0151. The smallest absolute Gasteiger partial charge is 0.322 e.